The van der Waals surface area contributed by atoms with E-state index < -0.39 is 12.1 Å². The number of carboxylic acids is 1. The third-order valence-corrected chi connectivity index (χ3v) is 1.17. The van der Waals surface area contributed by atoms with Gasteiger partial charge in [-0.25, -0.2) is 4.79 Å². The van der Waals surface area contributed by atoms with Crippen LogP contribution in [0.4, 0.5) is 0 Å². The van der Waals surface area contributed by atoms with Crippen LogP contribution in [0.5, 0.6) is 0 Å². The van der Waals surface area contributed by atoms with Crippen molar-refractivity contribution in [2.75, 3.05) is 6.61 Å². The molecule has 3 N–H and O–H groups in total. The van der Waals surface area contributed by atoms with Gasteiger partial charge in [0.2, 0.25) is 0 Å². The number of aliphatic carboxylic acids is 1. The van der Waals surface area contributed by atoms with Crippen LogP contribution < -0.4 is 0 Å². The van der Waals surface area contributed by atoms with Crippen molar-refractivity contribution in [3.63, 3.8) is 0 Å². The first kappa shape index (κ1) is 13.9. The van der Waals surface area contributed by atoms with Gasteiger partial charge in [0.15, 0.2) is 6.10 Å². The molecule has 1 unspecified atom stereocenters. The first-order valence-electron chi connectivity index (χ1n) is 3.20. The molecule has 0 heterocycles. The fraction of sp³-hybridized carbons (Fsp3) is 0.833. The van der Waals surface area contributed by atoms with Crippen LogP contribution in [0.2, 0.25) is 0 Å². The van der Waals surface area contributed by atoms with E-state index >= 15 is 0 Å². The minimum atomic E-state index is -1.27. The van der Waals surface area contributed by atoms with Gasteiger partial charge in [0.05, 0.1) is 0 Å². The Hall–Kier alpha value is 0.390. The van der Waals surface area contributed by atoms with Crippen LogP contribution in [-0.4, -0.2) is 63.6 Å². The van der Waals surface area contributed by atoms with Crippen molar-refractivity contribution in [3.8, 4) is 0 Å². The Kier molecular flexibility index (Phi) is 10.8. The summed E-state index contributed by atoms with van der Waals surface area (Å²) < 4.78 is 0. The topological polar surface area (TPSA) is 77.8 Å². The van der Waals surface area contributed by atoms with Gasteiger partial charge in [-0.1, -0.05) is 0 Å². The molecule has 4 nitrogen and oxygen atoms in total. The summed E-state index contributed by atoms with van der Waals surface area (Å²) in [6, 6.07) is 0. The van der Waals surface area contributed by atoms with Gasteiger partial charge < -0.3 is 15.3 Å². The quantitative estimate of drug-likeness (QED) is 0.365. The summed E-state index contributed by atoms with van der Waals surface area (Å²) >= 11 is 0. The Morgan fingerprint density at radius 2 is 1.91 bits per heavy atom. The van der Waals surface area contributed by atoms with Crippen LogP contribution in [0.3, 0.4) is 0 Å². The summed E-state index contributed by atoms with van der Waals surface area (Å²) in [5, 5.41) is 25.1. The molecular formula is C6H13NaO4. The zero-order chi connectivity index (χ0) is 7.98. The summed E-state index contributed by atoms with van der Waals surface area (Å²) in [4.78, 5) is 9.98. The van der Waals surface area contributed by atoms with E-state index in [1.54, 1.807) is 0 Å². The maximum atomic E-state index is 9.98. The third kappa shape index (κ3) is 8.29. The number of carbonyl (C=O) groups is 1. The Morgan fingerprint density at radius 1 is 1.36 bits per heavy atom. The van der Waals surface area contributed by atoms with Crippen LogP contribution in [0, 0.1) is 0 Å². The Morgan fingerprint density at radius 3 is 2.27 bits per heavy atom. The summed E-state index contributed by atoms with van der Waals surface area (Å²) in [6.07, 6.45) is 0.0380. The third-order valence-electron chi connectivity index (χ3n) is 1.17. The second-order valence-electron chi connectivity index (χ2n) is 2.07. The van der Waals surface area contributed by atoms with E-state index in [1.807, 2.05) is 0 Å². The number of aliphatic hydroxyl groups excluding tert-OH is 2. The molecular weight excluding hydrogens is 159 g/mol. The molecule has 0 saturated heterocycles. The van der Waals surface area contributed by atoms with Gasteiger partial charge in [-0.2, -0.15) is 0 Å². The van der Waals surface area contributed by atoms with Crippen molar-refractivity contribution >= 4 is 35.5 Å². The standard InChI is InChI=1S/C6H12O4.Na.H/c7-4-2-1-3-5(8)6(9)10;;/h5,7-8H,1-4H2,(H,9,10);;. The zero-order valence-electron chi connectivity index (χ0n) is 5.66. The predicted molar refractivity (Wildman–Crippen MR) is 41.7 cm³/mol. The summed E-state index contributed by atoms with van der Waals surface area (Å²) in [6.45, 7) is 0.0480. The summed E-state index contributed by atoms with van der Waals surface area (Å²) in [5.41, 5.74) is 0. The van der Waals surface area contributed by atoms with E-state index in [1.165, 1.54) is 0 Å². The number of hydrogen-bond acceptors (Lipinski definition) is 3. The van der Waals surface area contributed by atoms with Crippen molar-refractivity contribution in [3.05, 3.63) is 0 Å². The SMILES string of the molecule is O=C(O)C(O)CCCCO.[NaH]. The zero-order valence-corrected chi connectivity index (χ0v) is 5.66. The Balaban J connectivity index is 0. The first-order valence-corrected chi connectivity index (χ1v) is 3.20. The van der Waals surface area contributed by atoms with Gasteiger partial charge >= 0.3 is 35.5 Å². The fourth-order valence-electron chi connectivity index (χ4n) is 0.573. The van der Waals surface area contributed by atoms with Gasteiger partial charge in [-0.15, -0.1) is 0 Å². The summed E-state index contributed by atoms with van der Waals surface area (Å²) in [5.74, 6) is -1.20. The average molecular weight is 172 g/mol. The molecule has 0 aromatic rings. The van der Waals surface area contributed by atoms with Crippen molar-refractivity contribution in [1.29, 1.82) is 0 Å². The van der Waals surface area contributed by atoms with E-state index in [-0.39, 0.29) is 42.6 Å². The van der Waals surface area contributed by atoms with Crippen molar-refractivity contribution in [2.24, 2.45) is 0 Å². The molecule has 1 atom stereocenters. The summed E-state index contributed by atoms with van der Waals surface area (Å²) in [7, 11) is 0. The number of aliphatic hydroxyl groups is 2. The van der Waals surface area contributed by atoms with E-state index in [0.717, 1.165) is 0 Å². The fourth-order valence-corrected chi connectivity index (χ4v) is 0.573. The molecule has 0 saturated carbocycles. The maximum absolute atomic E-state index is 9.98. The van der Waals surface area contributed by atoms with Gasteiger partial charge in [0, 0.05) is 6.61 Å². The van der Waals surface area contributed by atoms with E-state index in [2.05, 4.69) is 0 Å². The second-order valence-corrected chi connectivity index (χ2v) is 2.07. The van der Waals surface area contributed by atoms with Crippen LogP contribution >= 0.6 is 0 Å². The molecule has 5 heteroatoms. The molecule has 0 spiro atoms. The van der Waals surface area contributed by atoms with Crippen LogP contribution in [-0.2, 0) is 4.79 Å². The number of rotatable bonds is 5. The number of hydrogen-bond donors (Lipinski definition) is 3. The van der Waals surface area contributed by atoms with Gasteiger partial charge in [0.1, 0.15) is 0 Å². The molecule has 0 amide bonds. The van der Waals surface area contributed by atoms with E-state index in [4.69, 9.17) is 15.3 Å². The Labute approximate surface area is 87.5 Å². The van der Waals surface area contributed by atoms with Gasteiger partial charge in [-0.05, 0) is 19.3 Å². The average Bonchev–Trinajstić information content (AvgIpc) is 1.88. The molecule has 0 aliphatic rings. The molecule has 0 aromatic carbocycles. The van der Waals surface area contributed by atoms with E-state index in [0.29, 0.717) is 12.8 Å². The molecule has 11 heavy (non-hydrogen) atoms. The molecule has 0 aromatic heterocycles. The molecule has 0 rings (SSSR count). The molecule has 0 radical (unpaired) electrons. The molecule has 0 aliphatic carbocycles. The van der Waals surface area contributed by atoms with Crippen molar-refractivity contribution < 1.29 is 20.1 Å². The molecule has 0 aliphatic heterocycles. The van der Waals surface area contributed by atoms with Crippen molar-refractivity contribution in [2.45, 2.75) is 25.4 Å². The van der Waals surface area contributed by atoms with Crippen molar-refractivity contribution in [1.82, 2.24) is 0 Å². The van der Waals surface area contributed by atoms with Gasteiger partial charge in [0.25, 0.3) is 0 Å². The Bertz CT molecular complexity index is 107. The van der Waals surface area contributed by atoms with Crippen LogP contribution in [0.25, 0.3) is 0 Å². The molecule has 62 valence electrons. The monoisotopic (exact) mass is 172 g/mol. The van der Waals surface area contributed by atoms with Crippen LogP contribution in [0.15, 0.2) is 0 Å². The van der Waals surface area contributed by atoms with Crippen LogP contribution in [0.1, 0.15) is 19.3 Å². The molecule has 0 fully saturated rings. The number of carboxylic acid groups (broad SMARTS) is 1. The minimum absolute atomic E-state index is 0. The normalized spacial score (nSPS) is 11.8. The number of unbranched alkanes of at least 4 members (excludes halogenated alkanes) is 1. The first-order chi connectivity index (χ1) is 4.68. The van der Waals surface area contributed by atoms with Gasteiger partial charge in [-0.3, -0.25) is 0 Å². The predicted octanol–water partition coefficient (Wildman–Crippen LogP) is -1.05. The molecule has 0 bridgehead atoms. The van der Waals surface area contributed by atoms with E-state index in [9.17, 15) is 4.79 Å². The second kappa shape index (κ2) is 8.49.